The number of alkyl halides is 6. The molecule has 1 aromatic carbocycles. The fourth-order valence-electron chi connectivity index (χ4n) is 1.35. The minimum absolute atomic E-state index is 0.296. The molecule has 0 bridgehead atoms. The summed E-state index contributed by atoms with van der Waals surface area (Å²) < 4.78 is 99.9. The van der Waals surface area contributed by atoms with E-state index in [1.807, 2.05) is 0 Å². The molecule has 142 valence electrons. The molecule has 1 aromatic rings. The summed E-state index contributed by atoms with van der Waals surface area (Å²) in [6.45, 7) is -0.296. The summed E-state index contributed by atoms with van der Waals surface area (Å²) >= 11 is 3.04. The highest BCUT2D eigenvalue weighted by Crippen LogP contribution is 2.42. The largest absolute Gasteiger partial charge is 0.420 e. The molecular weight excluding hydrogens is 448 g/mol. The number of sulfonamides is 1. The number of rotatable bonds is 4. The summed E-state index contributed by atoms with van der Waals surface area (Å²) in [4.78, 5) is 12.3. The number of carbonyl (C=O) groups excluding carboxylic acids is 1. The standard InChI is InChI=1S/C11H10BrF6N3O3S/c1-9(10(13,14)15,11(16,17)18)19-8(22)20-21-25(23,24)7-4-2-6(12)3-5-7/h2-5,21H,1H3,(H2,19,20,22). The van der Waals surface area contributed by atoms with Crippen molar-refractivity contribution in [3.8, 4) is 0 Å². The zero-order chi connectivity index (χ0) is 19.7. The first-order valence-corrected chi connectivity index (χ1v) is 8.37. The van der Waals surface area contributed by atoms with Gasteiger partial charge in [-0.3, -0.25) is 5.43 Å². The van der Waals surface area contributed by atoms with Crippen molar-refractivity contribution in [1.29, 1.82) is 0 Å². The number of amides is 2. The molecule has 3 N–H and O–H groups in total. The van der Waals surface area contributed by atoms with Crippen molar-refractivity contribution in [2.45, 2.75) is 29.7 Å². The van der Waals surface area contributed by atoms with Crippen LogP contribution in [0.3, 0.4) is 0 Å². The molecule has 25 heavy (non-hydrogen) atoms. The van der Waals surface area contributed by atoms with Gasteiger partial charge in [0.05, 0.1) is 4.90 Å². The molecule has 0 unspecified atom stereocenters. The molecule has 0 aliphatic heterocycles. The molecule has 0 heterocycles. The minimum Gasteiger partial charge on any atom is -0.315 e. The van der Waals surface area contributed by atoms with Gasteiger partial charge in [0.1, 0.15) is 0 Å². The Kier molecular flexibility index (Phi) is 6.01. The number of hydrazine groups is 1. The van der Waals surface area contributed by atoms with Crippen molar-refractivity contribution in [1.82, 2.24) is 15.6 Å². The molecule has 14 heteroatoms. The second kappa shape index (κ2) is 6.99. The zero-order valence-electron chi connectivity index (χ0n) is 12.1. The molecule has 0 spiro atoms. The van der Waals surface area contributed by atoms with Crippen molar-refractivity contribution in [2.24, 2.45) is 0 Å². The highest BCUT2D eigenvalue weighted by Gasteiger charge is 2.68. The number of benzene rings is 1. The molecule has 0 saturated carbocycles. The van der Waals surface area contributed by atoms with E-state index < -0.39 is 33.9 Å². The van der Waals surface area contributed by atoms with Crippen LogP contribution in [0.1, 0.15) is 6.92 Å². The lowest BCUT2D eigenvalue weighted by Crippen LogP contribution is -2.67. The van der Waals surface area contributed by atoms with Crippen LogP contribution >= 0.6 is 15.9 Å². The van der Waals surface area contributed by atoms with Crippen LogP contribution in [0.4, 0.5) is 31.1 Å². The average Bonchev–Trinajstić information content (AvgIpc) is 2.43. The monoisotopic (exact) mass is 457 g/mol. The Labute approximate surface area is 146 Å². The van der Waals surface area contributed by atoms with Crippen molar-refractivity contribution in [2.75, 3.05) is 0 Å². The van der Waals surface area contributed by atoms with Gasteiger partial charge >= 0.3 is 18.4 Å². The zero-order valence-corrected chi connectivity index (χ0v) is 14.5. The lowest BCUT2D eigenvalue weighted by molar-refractivity contribution is -0.297. The molecule has 0 saturated heterocycles. The molecule has 0 aliphatic carbocycles. The molecule has 2 amide bonds. The van der Waals surface area contributed by atoms with Crippen LogP contribution in [-0.2, 0) is 10.0 Å². The van der Waals surface area contributed by atoms with Gasteiger partial charge in [-0.05, 0) is 31.2 Å². The van der Waals surface area contributed by atoms with E-state index in [9.17, 15) is 39.6 Å². The lowest BCUT2D eigenvalue weighted by Gasteiger charge is -2.34. The van der Waals surface area contributed by atoms with E-state index in [0.717, 1.165) is 12.1 Å². The van der Waals surface area contributed by atoms with Gasteiger partial charge in [-0.2, -0.15) is 26.3 Å². The number of carbonyl (C=O) groups is 1. The van der Waals surface area contributed by atoms with Gasteiger partial charge in [-0.25, -0.2) is 13.2 Å². The number of hydrogen-bond acceptors (Lipinski definition) is 3. The lowest BCUT2D eigenvalue weighted by atomic mass is 10.0. The van der Waals surface area contributed by atoms with Crippen LogP contribution in [0.2, 0.25) is 0 Å². The Balaban J connectivity index is 2.87. The van der Waals surface area contributed by atoms with Gasteiger partial charge in [0.25, 0.3) is 10.0 Å². The molecular formula is C11H10BrF6N3O3S. The summed E-state index contributed by atoms with van der Waals surface area (Å²) in [6, 6.07) is 2.76. The SMILES string of the molecule is CC(NC(=O)NNS(=O)(=O)c1ccc(Br)cc1)(C(F)(F)F)C(F)(F)F. The molecule has 6 nitrogen and oxygen atoms in total. The molecule has 0 aliphatic rings. The van der Waals surface area contributed by atoms with Gasteiger partial charge in [0.2, 0.25) is 5.54 Å². The van der Waals surface area contributed by atoms with E-state index in [0.29, 0.717) is 9.79 Å². The second-order valence-corrected chi connectivity index (χ2v) is 7.36. The molecule has 1 rings (SSSR count). The van der Waals surface area contributed by atoms with Crippen LogP contribution in [-0.4, -0.2) is 32.3 Å². The summed E-state index contributed by atoms with van der Waals surface area (Å²) in [5.41, 5.74) is -3.34. The summed E-state index contributed by atoms with van der Waals surface area (Å²) in [5, 5.41) is 0.672. The summed E-state index contributed by atoms with van der Waals surface area (Å²) in [5.74, 6) is 0. The van der Waals surface area contributed by atoms with E-state index in [1.54, 1.807) is 0 Å². The fourth-order valence-corrected chi connectivity index (χ4v) is 2.45. The van der Waals surface area contributed by atoms with Crippen LogP contribution in [0, 0.1) is 0 Å². The summed E-state index contributed by atoms with van der Waals surface area (Å²) in [7, 11) is -4.40. The highest BCUT2D eigenvalue weighted by atomic mass is 79.9. The van der Waals surface area contributed by atoms with Crippen molar-refractivity contribution < 1.29 is 39.6 Å². The third-order valence-electron chi connectivity index (χ3n) is 2.92. The smallest absolute Gasteiger partial charge is 0.315 e. The van der Waals surface area contributed by atoms with Crippen LogP contribution in [0.25, 0.3) is 0 Å². The summed E-state index contributed by atoms with van der Waals surface area (Å²) in [6.07, 6.45) is -11.7. The first kappa shape index (κ1) is 21.5. The van der Waals surface area contributed by atoms with Gasteiger partial charge in [-0.1, -0.05) is 15.9 Å². The molecule has 0 aromatic heterocycles. The van der Waals surface area contributed by atoms with Crippen LogP contribution < -0.4 is 15.6 Å². The quantitative estimate of drug-likeness (QED) is 0.479. The predicted octanol–water partition coefficient (Wildman–Crippen LogP) is 2.82. The molecule has 0 atom stereocenters. The molecule has 0 radical (unpaired) electrons. The normalized spacial score (nSPS) is 13.4. The predicted molar refractivity (Wildman–Crippen MR) is 76.6 cm³/mol. The Bertz CT molecular complexity index is 719. The maximum absolute atomic E-state index is 12.6. The number of nitrogens with one attached hydrogen (secondary N) is 3. The van der Waals surface area contributed by atoms with E-state index in [-0.39, 0.29) is 11.8 Å². The Morgan fingerprint density at radius 3 is 1.84 bits per heavy atom. The maximum atomic E-state index is 12.6. The Morgan fingerprint density at radius 2 is 1.44 bits per heavy atom. The van der Waals surface area contributed by atoms with E-state index in [2.05, 4.69) is 15.9 Å². The first-order valence-electron chi connectivity index (χ1n) is 6.09. The highest BCUT2D eigenvalue weighted by molar-refractivity contribution is 9.10. The number of urea groups is 1. The number of hydrogen-bond donors (Lipinski definition) is 3. The maximum Gasteiger partial charge on any atom is 0.420 e. The van der Waals surface area contributed by atoms with Crippen molar-refractivity contribution in [3.63, 3.8) is 0 Å². The Hall–Kier alpha value is -1.54. The second-order valence-electron chi connectivity index (χ2n) is 4.76. The van der Waals surface area contributed by atoms with E-state index in [4.69, 9.17) is 0 Å². The van der Waals surface area contributed by atoms with Crippen molar-refractivity contribution in [3.05, 3.63) is 28.7 Å². The number of halogens is 7. The third kappa shape index (κ3) is 4.98. The van der Waals surface area contributed by atoms with Crippen LogP contribution in [0.15, 0.2) is 33.6 Å². The first-order chi connectivity index (χ1) is 11.1. The van der Waals surface area contributed by atoms with Gasteiger partial charge in [0, 0.05) is 4.47 Å². The van der Waals surface area contributed by atoms with E-state index in [1.165, 1.54) is 22.4 Å². The topological polar surface area (TPSA) is 87.3 Å². The van der Waals surface area contributed by atoms with Gasteiger partial charge in [0.15, 0.2) is 0 Å². The third-order valence-corrected chi connectivity index (χ3v) is 4.71. The Morgan fingerprint density at radius 1 is 1.00 bits per heavy atom. The van der Waals surface area contributed by atoms with E-state index >= 15 is 0 Å². The van der Waals surface area contributed by atoms with Crippen molar-refractivity contribution >= 4 is 32.0 Å². The fraction of sp³-hybridized carbons (Fsp3) is 0.364. The van der Waals surface area contributed by atoms with Crippen LogP contribution in [0.5, 0.6) is 0 Å². The van der Waals surface area contributed by atoms with Gasteiger partial charge < -0.3 is 5.32 Å². The van der Waals surface area contributed by atoms with Gasteiger partial charge in [-0.15, -0.1) is 4.83 Å². The minimum atomic E-state index is -5.87. The molecule has 0 fully saturated rings. The average molecular weight is 458 g/mol.